The number of halogens is 3. The van der Waals surface area contributed by atoms with Gasteiger partial charge in [0.1, 0.15) is 5.82 Å². The maximum Gasteiger partial charge on any atom is 0.586 e. The standard InChI is InChI=1S/C30H35F3N2O6/c1-27(2,10-12-36)25-15-18-14-21(20(31)17-22(18)35(25)11-5-13-39-28(3,4)38)34-26(37)29(8-9-29)19-6-7-23-24(16-19)41-30(32,33)40-23/h6-7,14-17,36,38H,5,8-13H2,1-4H3,(H,34,37). The van der Waals surface area contributed by atoms with E-state index in [0.29, 0.717) is 55.3 Å². The molecule has 1 fully saturated rings. The highest BCUT2D eigenvalue weighted by molar-refractivity contribution is 6.02. The average Bonchev–Trinajstić information content (AvgIpc) is 3.51. The van der Waals surface area contributed by atoms with Crippen LogP contribution in [0.4, 0.5) is 18.9 Å². The Bertz CT molecular complexity index is 1470. The van der Waals surface area contributed by atoms with Gasteiger partial charge in [-0.3, -0.25) is 4.79 Å². The third-order valence-corrected chi connectivity index (χ3v) is 7.79. The van der Waals surface area contributed by atoms with Gasteiger partial charge < -0.3 is 34.3 Å². The SMILES string of the molecule is CC(C)(O)OCCCn1c(C(C)(C)CCO)cc2cc(NC(=O)C3(c4ccc5c(c4)OC(F)(F)O5)CC3)c(F)cc21. The van der Waals surface area contributed by atoms with Crippen molar-refractivity contribution in [2.24, 2.45) is 0 Å². The van der Waals surface area contributed by atoms with E-state index in [1.165, 1.54) is 18.2 Å². The lowest BCUT2D eigenvalue weighted by molar-refractivity contribution is -0.286. The third-order valence-electron chi connectivity index (χ3n) is 7.79. The molecule has 0 unspecified atom stereocenters. The number of rotatable bonds is 11. The topological polar surface area (TPSA) is 102 Å². The molecule has 222 valence electrons. The molecule has 1 amide bonds. The van der Waals surface area contributed by atoms with Crippen LogP contribution in [0.25, 0.3) is 10.9 Å². The van der Waals surface area contributed by atoms with Crippen molar-refractivity contribution in [3.05, 3.63) is 53.5 Å². The summed E-state index contributed by atoms with van der Waals surface area (Å²) < 4.78 is 58.9. The summed E-state index contributed by atoms with van der Waals surface area (Å²) >= 11 is 0. The van der Waals surface area contributed by atoms with Gasteiger partial charge >= 0.3 is 6.29 Å². The number of anilines is 1. The van der Waals surface area contributed by atoms with Gasteiger partial charge in [-0.25, -0.2) is 4.39 Å². The molecule has 0 saturated heterocycles. The Morgan fingerprint density at radius 1 is 1.10 bits per heavy atom. The van der Waals surface area contributed by atoms with E-state index < -0.39 is 34.6 Å². The molecule has 2 aliphatic rings. The van der Waals surface area contributed by atoms with Crippen molar-refractivity contribution in [1.29, 1.82) is 0 Å². The van der Waals surface area contributed by atoms with Gasteiger partial charge in [-0.15, -0.1) is 8.78 Å². The van der Waals surface area contributed by atoms with Crippen molar-refractivity contribution >= 4 is 22.5 Å². The maximum absolute atomic E-state index is 15.5. The van der Waals surface area contributed by atoms with Gasteiger partial charge in [-0.05, 0) is 69.4 Å². The highest BCUT2D eigenvalue weighted by atomic mass is 19.3. The van der Waals surface area contributed by atoms with E-state index in [1.807, 2.05) is 24.5 Å². The first-order chi connectivity index (χ1) is 19.1. The van der Waals surface area contributed by atoms with Crippen molar-refractivity contribution in [3.8, 4) is 11.5 Å². The predicted molar refractivity (Wildman–Crippen MR) is 146 cm³/mol. The van der Waals surface area contributed by atoms with Crippen molar-refractivity contribution in [1.82, 2.24) is 4.57 Å². The molecule has 0 radical (unpaired) electrons. The first-order valence-corrected chi connectivity index (χ1v) is 13.7. The number of fused-ring (bicyclic) bond motifs is 2. The van der Waals surface area contributed by atoms with E-state index in [-0.39, 0.29) is 23.8 Å². The highest BCUT2D eigenvalue weighted by Gasteiger charge is 2.53. The Morgan fingerprint density at radius 3 is 2.46 bits per heavy atom. The summed E-state index contributed by atoms with van der Waals surface area (Å²) in [5.41, 5.74) is 0.599. The number of nitrogens with zero attached hydrogens (tertiary/aromatic N) is 1. The van der Waals surface area contributed by atoms with Crippen LogP contribution in [0.3, 0.4) is 0 Å². The first-order valence-electron chi connectivity index (χ1n) is 13.7. The van der Waals surface area contributed by atoms with Gasteiger partial charge in [0.2, 0.25) is 5.91 Å². The van der Waals surface area contributed by atoms with Crippen molar-refractivity contribution in [2.45, 2.75) is 82.8 Å². The van der Waals surface area contributed by atoms with E-state index in [2.05, 4.69) is 14.8 Å². The van der Waals surface area contributed by atoms with Gasteiger partial charge in [0.15, 0.2) is 17.3 Å². The number of hydrogen-bond acceptors (Lipinski definition) is 6. The van der Waals surface area contributed by atoms with Gasteiger partial charge in [0, 0.05) is 35.7 Å². The second kappa shape index (κ2) is 10.2. The fourth-order valence-corrected chi connectivity index (χ4v) is 5.39. The number of hydrogen-bond donors (Lipinski definition) is 3. The first kappa shape index (κ1) is 29.2. The molecule has 3 N–H and O–H groups in total. The fraction of sp³-hybridized carbons (Fsp3) is 0.500. The molecule has 5 rings (SSSR count). The molecule has 3 aromatic rings. The summed E-state index contributed by atoms with van der Waals surface area (Å²) in [7, 11) is 0. The molecule has 0 atom stereocenters. The summed E-state index contributed by atoms with van der Waals surface area (Å²) in [6.07, 6.45) is -1.77. The Hall–Kier alpha value is -3.28. The van der Waals surface area contributed by atoms with Gasteiger partial charge in [-0.2, -0.15) is 0 Å². The molecule has 1 saturated carbocycles. The van der Waals surface area contributed by atoms with Crippen LogP contribution < -0.4 is 14.8 Å². The normalized spacial score (nSPS) is 17.2. The van der Waals surface area contributed by atoms with Crippen LogP contribution in [0.1, 0.15) is 64.6 Å². The Labute approximate surface area is 236 Å². The van der Waals surface area contributed by atoms with Crippen LogP contribution in [0, 0.1) is 5.82 Å². The van der Waals surface area contributed by atoms with Crippen LogP contribution in [0.2, 0.25) is 0 Å². The molecular weight excluding hydrogens is 541 g/mol. The summed E-state index contributed by atoms with van der Waals surface area (Å²) in [6, 6.07) is 9.16. The largest absolute Gasteiger partial charge is 0.586 e. The van der Waals surface area contributed by atoms with Gasteiger partial charge in [0.25, 0.3) is 0 Å². The number of benzene rings is 2. The highest BCUT2D eigenvalue weighted by Crippen LogP contribution is 2.52. The number of aliphatic hydroxyl groups is 2. The number of aromatic nitrogens is 1. The summed E-state index contributed by atoms with van der Waals surface area (Å²) in [4.78, 5) is 13.4. The van der Waals surface area contributed by atoms with E-state index in [9.17, 15) is 23.8 Å². The maximum atomic E-state index is 15.5. The number of alkyl halides is 2. The number of nitrogens with one attached hydrogen (secondary N) is 1. The number of aryl methyl sites for hydroxylation is 1. The molecule has 41 heavy (non-hydrogen) atoms. The van der Waals surface area contributed by atoms with E-state index in [0.717, 1.165) is 5.69 Å². The van der Waals surface area contributed by atoms with Crippen molar-refractivity contribution in [3.63, 3.8) is 0 Å². The molecule has 1 aromatic heterocycles. The predicted octanol–water partition coefficient (Wildman–Crippen LogP) is 5.57. The minimum atomic E-state index is -3.76. The van der Waals surface area contributed by atoms with Crippen molar-refractivity contribution in [2.75, 3.05) is 18.5 Å². The molecule has 11 heteroatoms. The summed E-state index contributed by atoms with van der Waals surface area (Å²) in [6.45, 7) is 7.86. The summed E-state index contributed by atoms with van der Waals surface area (Å²) in [5, 5.41) is 22.9. The molecule has 2 aromatic carbocycles. The third kappa shape index (κ3) is 5.89. The second-order valence-electron chi connectivity index (χ2n) is 11.9. The molecule has 2 heterocycles. The minimum absolute atomic E-state index is 0.00933. The lowest BCUT2D eigenvalue weighted by Gasteiger charge is -2.26. The second-order valence-corrected chi connectivity index (χ2v) is 11.9. The van der Waals surface area contributed by atoms with Crippen LogP contribution in [-0.2, 0) is 26.9 Å². The smallest absolute Gasteiger partial charge is 0.396 e. The number of aliphatic hydroxyl groups excluding tert-OH is 1. The number of amides is 1. The van der Waals surface area contributed by atoms with E-state index in [1.54, 1.807) is 26.0 Å². The van der Waals surface area contributed by atoms with E-state index >= 15 is 4.39 Å². The Morgan fingerprint density at radius 2 is 1.80 bits per heavy atom. The molecule has 0 bridgehead atoms. The molecule has 8 nitrogen and oxygen atoms in total. The van der Waals surface area contributed by atoms with Crippen LogP contribution >= 0.6 is 0 Å². The molecule has 1 aliphatic heterocycles. The Kier molecular flexibility index (Phi) is 7.28. The van der Waals surface area contributed by atoms with Crippen molar-refractivity contribution < 1.29 is 42.4 Å². The number of carbonyl (C=O) groups excluding carboxylic acids is 1. The zero-order valence-corrected chi connectivity index (χ0v) is 23.5. The zero-order valence-electron chi connectivity index (χ0n) is 23.5. The molecular formula is C30H35F3N2O6. The van der Waals surface area contributed by atoms with E-state index in [4.69, 9.17) is 4.74 Å². The van der Waals surface area contributed by atoms with Crippen LogP contribution in [0.5, 0.6) is 11.5 Å². The lowest BCUT2D eigenvalue weighted by atomic mass is 9.85. The van der Waals surface area contributed by atoms with Crippen LogP contribution in [-0.4, -0.2) is 46.0 Å². The van der Waals surface area contributed by atoms with Gasteiger partial charge in [-0.1, -0.05) is 19.9 Å². The summed E-state index contributed by atoms with van der Waals surface area (Å²) in [5.74, 6) is -2.58. The average molecular weight is 577 g/mol. The monoisotopic (exact) mass is 576 g/mol. The van der Waals surface area contributed by atoms with Crippen LogP contribution in [0.15, 0.2) is 36.4 Å². The quantitative estimate of drug-likeness (QED) is 0.204. The molecule has 0 spiro atoms. The fourth-order valence-electron chi connectivity index (χ4n) is 5.39. The van der Waals surface area contributed by atoms with Gasteiger partial charge in [0.05, 0.1) is 23.2 Å². The lowest BCUT2D eigenvalue weighted by Crippen LogP contribution is -2.28. The molecule has 1 aliphatic carbocycles. The zero-order chi connectivity index (χ0) is 29.8. The minimum Gasteiger partial charge on any atom is -0.396 e. The number of ether oxygens (including phenoxy) is 3. The Balaban J connectivity index is 1.42. The number of carbonyl (C=O) groups is 1.